The molecule has 2 saturated heterocycles. The predicted octanol–water partition coefficient (Wildman–Crippen LogP) is 4.30. The monoisotopic (exact) mass is 415 g/mol. The summed E-state index contributed by atoms with van der Waals surface area (Å²) >= 11 is 0. The summed E-state index contributed by atoms with van der Waals surface area (Å²) in [5.74, 6) is 7.15. The molecule has 156 valence electrons. The summed E-state index contributed by atoms with van der Waals surface area (Å²) in [6, 6.07) is 6.56. The zero-order valence-corrected chi connectivity index (χ0v) is 17.8. The first kappa shape index (κ1) is 21.7. The van der Waals surface area contributed by atoms with E-state index in [1.165, 1.54) is 37.1 Å². The molecular weight excluding hydrogens is 386 g/mol. The highest BCUT2D eigenvalue weighted by Gasteiger charge is 2.32. The molecule has 2 aliphatic heterocycles. The lowest BCUT2D eigenvalue weighted by atomic mass is 9.91. The standard InChI is InChI=1S/C21H29N5O2S/c1-2-3-4-5-18-10-14-25(15-11-18)20-12-16-26(17-13-20)29(27,28)21-8-6-19(7-9-21)23-24-22/h6-9,18,20H,2,5,10-17H2,1H3. The second kappa shape index (κ2) is 10.1. The Bertz CT molecular complexity index is 881. The Morgan fingerprint density at radius 1 is 1.07 bits per heavy atom. The summed E-state index contributed by atoms with van der Waals surface area (Å²) in [6.45, 7) is 5.37. The fourth-order valence-corrected chi connectivity index (χ4v) is 5.67. The molecule has 2 fully saturated rings. The minimum Gasteiger partial charge on any atom is -0.300 e. The molecule has 0 N–H and O–H groups in total. The van der Waals surface area contributed by atoms with Crippen LogP contribution in [0.25, 0.3) is 10.4 Å². The van der Waals surface area contributed by atoms with E-state index < -0.39 is 10.0 Å². The van der Waals surface area contributed by atoms with Crippen LogP contribution in [-0.4, -0.2) is 49.8 Å². The van der Waals surface area contributed by atoms with E-state index in [-0.39, 0.29) is 4.90 Å². The van der Waals surface area contributed by atoms with E-state index in [2.05, 4.69) is 33.7 Å². The molecule has 1 aromatic carbocycles. The fraction of sp³-hybridized carbons (Fsp3) is 0.619. The van der Waals surface area contributed by atoms with Gasteiger partial charge in [0.15, 0.2) is 0 Å². The first-order valence-corrected chi connectivity index (χ1v) is 11.8. The average molecular weight is 416 g/mol. The van der Waals surface area contributed by atoms with Crippen molar-refractivity contribution in [2.45, 2.75) is 56.4 Å². The van der Waals surface area contributed by atoms with Crippen molar-refractivity contribution in [3.8, 4) is 11.8 Å². The smallest absolute Gasteiger partial charge is 0.243 e. The number of nitrogens with zero attached hydrogens (tertiary/aromatic N) is 5. The SMILES string of the molecule is CCC#CCC1CCN(C2CCN(S(=O)(=O)c3ccc(N=[N+]=[N-])cc3)CC2)CC1. The highest BCUT2D eigenvalue weighted by atomic mass is 32.2. The van der Waals surface area contributed by atoms with Crippen LogP contribution in [0.3, 0.4) is 0 Å². The predicted molar refractivity (Wildman–Crippen MR) is 114 cm³/mol. The first-order valence-electron chi connectivity index (χ1n) is 10.4. The Balaban J connectivity index is 1.52. The Kier molecular flexibility index (Phi) is 7.57. The van der Waals surface area contributed by atoms with E-state index in [1.54, 1.807) is 4.31 Å². The molecule has 0 aliphatic carbocycles. The van der Waals surface area contributed by atoms with Crippen molar-refractivity contribution in [1.29, 1.82) is 0 Å². The first-order chi connectivity index (χ1) is 14.0. The van der Waals surface area contributed by atoms with Gasteiger partial charge in [-0.2, -0.15) is 4.31 Å². The minimum absolute atomic E-state index is 0.252. The lowest BCUT2D eigenvalue weighted by molar-refractivity contribution is 0.0980. The van der Waals surface area contributed by atoms with Gasteiger partial charge < -0.3 is 4.90 Å². The van der Waals surface area contributed by atoms with E-state index >= 15 is 0 Å². The molecule has 3 rings (SSSR count). The third-order valence-electron chi connectivity index (χ3n) is 5.92. The highest BCUT2D eigenvalue weighted by Crippen LogP contribution is 2.28. The topological polar surface area (TPSA) is 89.4 Å². The van der Waals surface area contributed by atoms with Crippen molar-refractivity contribution < 1.29 is 8.42 Å². The number of piperidine rings is 2. The third kappa shape index (κ3) is 5.52. The maximum atomic E-state index is 12.9. The van der Waals surface area contributed by atoms with E-state index in [1.807, 2.05) is 0 Å². The van der Waals surface area contributed by atoms with Crippen molar-refractivity contribution in [1.82, 2.24) is 9.21 Å². The zero-order valence-electron chi connectivity index (χ0n) is 17.0. The molecule has 8 heteroatoms. The van der Waals surface area contributed by atoms with E-state index in [0.29, 0.717) is 30.7 Å². The van der Waals surface area contributed by atoms with Gasteiger partial charge in [0.05, 0.1) is 4.90 Å². The van der Waals surface area contributed by atoms with Gasteiger partial charge in [-0.25, -0.2) is 8.42 Å². The molecule has 0 aromatic heterocycles. The van der Waals surface area contributed by atoms with Crippen LogP contribution in [0.1, 0.15) is 45.4 Å². The van der Waals surface area contributed by atoms with Gasteiger partial charge in [0.1, 0.15) is 0 Å². The maximum Gasteiger partial charge on any atom is 0.243 e. The van der Waals surface area contributed by atoms with Crippen LogP contribution in [0.5, 0.6) is 0 Å². The largest absolute Gasteiger partial charge is 0.300 e. The summed E-state index contributed by atoms with van der Waals surface area (Å²) in [7, 11) is -3.50. The molecule has 0 amide bonds. The number of rotatable bonds is 5. The molecular formula is C21H29N5O2S. The third-order valence-corrected chi connectivity index (χ3v) is 7.83. The fourth-order valence-electron chi connectivity index (χ4n) is 4.20. The number of hydrogen-bond acceptors (Lipinski definition) is 4. The second-order valence-corrected chi connectivity index (χ2v) is 9.65. The van der Waals surface area contributed by atoms with Gasteiger partial charge in [-0.1, -0.05) is 24.2 Å². The number of hydrogen-bond donors (Lipinski definition) is 0. The van der Waals surface area contributed by atoms with Crippen LogP contribution in [0.4, 0.5) is 5.69 Å². The molecule has 0 spiro atoms. The molecule has 29 heavy (non-hydrogen) atoms. The van der Waals surface area contributed by atoms with Crippen molar-refractivity contribution in [3.05, 3.63) is 34.7 Å². The minimum atomic E-state index is -3.50. The number of likely N-dealkylation sites (tertiary alicyclic amines) is 1. The lowest BCUT2D eigenvalue weighted by Crippen LogP contribution is -2.48. The van der Waals surface area contributed by atoms with Gasteiger partial charge in [-0.15, -0.1) is 11.8 Å². The molecule has 1 aromatic rings. The Hall–Kier alpha value is -2.04. The van der Waals surface area contributed by atoms with Crippen LogP contribution >= 0.6 is 0 Å². The van der Waals surface area contributed by atoms with Crippen molar-refractivity contribution in [2.75, 3.05) is 26.2 Å². The Morgan fingerprint density at radius 3 is 2.31 bits per heavy atom. The number of azide groups is 1. The Morgan fingerprint density at radius 2 is 1.72 bits per heavy atom. The van der Waals surface area contributed by atoms with Gasteiger partial charge in [-0.3, -0.25) is 0 Å². The molecule has 0 unspecified atom stereocenters. The molecule has 0 atom stereocenters. The summed E-state index contributed by atoms with van der Waals surface area (Å²) in [5, 5.41) is 3.49. The number of benzene rings is 1. The molecule has 0 bridgehead atoms. The van der Waals surface area contributed by atoms with Crippen LogP contribution in [0.2, 0.25) is 0 Å². The Labute approximate surface area is 173 Å². The maximum absolute atomic E-state index is 12.9. The van der Waals surface area contributed by atoms with Gasteiger partial charge in [0, 0.05) is 42.6 Å². The van der Waals surface area contributed by atoms with E-state index in [0.717, 1.165) is 38.8 Å². The molecule has 7 nitrogen and oxygen atoms in total. The van der Waals surface area contributed by atoms with Crippen molar-refractivity contribution >= 4 is 15.7 Å². The van der Waals surface area contributed by atoms with Gasteiger partial charge in [0.25, 0.3) is 0 Å². The molecule has 2 heterocycles. The summed E-state index contributed by atoms with van der Waals surface area (Å²) in [5.41, 5.74) is 8.88. The van der Waals surface area contributed by atoms with Crippen LogP contribution in [0.15, 0.2) is 34.3 Å². The van der Waals surface area contributed by atoms with Crippen molar-refractivity contribution in [3.63, 3.8) is 0 Å². The highest BCUT2D eigenvalue weighted by molar-refractivity contribution is 7.89. The summed E-state index contributed by atoms with van der Waals surface area (Å²) in [6.07, 6.45) is 6.06. The van der Waals surface area contributed by atoms with E-state index in [4.69, 9.17) is 5.53 Å². The second-order valence-electron chi connectivity index (χ2n) is 7.71. The summed E-state index contributed by atoms with van der Waals surface area (Å²) in [4.78, 5) is 5.51. The van der Waals surface area contributed by atoms with E-state index in [9.17, 15) is 8.42 Å². The average Bonchev–Trinajstić information content (AvgIpc) is 2.75. The molecule has 0 radical (unpaired) electrons. The molecule has 2 aliphatic rings. The van der Waals surface area contributed by atoms with Crippen LogP contribution in [-0.2, 0) is 10.0 Å². The van der Waals surface area contributed by atoms with Gasteiger partial charge >= 0.3 is 0 Å². The van der Waals surface area contributed by atoms with Crippen LogP contribution < -0.4 is 0 Å². The van der Waals surface area contributed by atoms with Gasteiger partial charge in [0.2, 0.25) is 10.0 Å². The summed E-state index contributed by atoms with van der Waals surface area (Å²) < 4.78 is 27.4. The molecule has 0 saturated carbocycles. The zero-order chi connectivity index (χ0) is 20.7. The normalized spacial score (nSPS) is 19.9. The van der Waals surface area contributed by atoms with Crippen LogP contribution in [0, 0.1) is 17.8 Å². The van der Waals surface area contributed by atoms with Gasteiger partial charge in [-0.05, 0) is 62.4 Å². The quantitative estimate of drug-likeness (QED) is 0.311. The van der Waals surface area contributed by atoms with Crippen molar-refractivity contribution in [2.24, 2.45) is 11.0 Å². The number of sulfonamides is 1. The lowest BCUT2D eigenvalue weighted by Gasteiger charge is -2.41.